The minimum atomic E-state index is -0.379. The number of aliphatic hydroxyl groups is 1. The van der Waals surface area contributed by atoms with E-state index in [1.165, 1.54) is 12.1 Å². The van der Waals surface area contributed by atoms with E-state index in [2.05, 4.69) is 25.7 Å². The second-order valence-electron chi connectivity index (χ2n) is 8.50. The molecule has 1 atom stereocenters. The lowest BCUT2D eigenvalue weighted by Gasteiger charge is -2.29. The molecular weight excluding hydrogens is 405 g/mol. The van der Waals surface area contributed by atoms with E-state index in [0.29, 0.717) is 24.7 Å². The standard InChI is InChI=1S/C26H34FN3O2/c1-5-6-12-22(31)17-30(19(2)3)18-24-25(20-10-8-7-9-11-20)28-29(4)26(24)32-23-15-13-21(27)14-16-23/h7-11,13-16,19,22,31H,5-6,12,17-18H2,1-4H3. The molecule has 0 amide bonds. The van der Waals surface area contributed by atoms with Crippen LogP contribution in [0.5, 0.6) is 11.6 Å². The highest BCUT2D eigenvalue weighted by atomic mass is 19.1. The van der Waals surface area contributed by atoms with E-state index in [0.717, 1.165) is 36.1 Å². The van der Waals surface area contributed by atoms with Crippen molar-refractivity contribution in [3.05, 3.63) is 66.0 Å². The fourth-order valence-electron chi connectivity index (χ4n) is 3.73. The number of hydrogen-bond acceptors (Lipinski definition) is 4. The monoisotopic (exact) mass is 439 g/mol. The molecule has 0 radical (unpaired) electrons. The Morgan fingerprint density at radius 2 is 1.78 bits per heavy atom. The number of ether oxygens (including phenoxy) is 1. The summed E-state index contributed by atoms with van der Waals surface area (Å²) in [5, 5.41) is 15.3. The van der Waals surface area contributed by atoms with Gasteiger partial charge in [0.2, 0.25) is 5.88 Å². The molecule has 1 unspecified atom stereocenters. The molecule has 6 heteroatoms. The largest absolute Gasteiger partial charge is 0.439 e. The molecule has 3 aromatic rings. The van der Waals surface area contributed by atoms with E-state index in [-0.39, 0.29) is 18.0 Å². The van der Waals surface area contributed by atoms with Crippen molar-refractivity contribution in [3.63, 3.8) is 0 Å². The highest BCUT2D eigenvalue weighted by Gasteiger charge is 2.24. The lowest BCUT2D eigenvalue weighted by Crippen LogP contribution is -2.37. The molecule has 1 aromatic heterocycles. The Morgan fingerprint density at radius 3 is 2.41 bits per heavy atom. The normalized spacial score (nSPS) is 12.5. The van der Waals surface area contributed by atoms with Crippen LogP contribution in [0.3, 0.4) is 0 Å². The number of hydrogen-bond donors (Lipinski definition) is 1. The molecule has 0 saturated heterocycles. The number of nitrogens with zero attached hydrogens (tertiary/aromatic N) is 3. The molecule has 1 heterocycles. The number of aromatic nitrogens is 2. The van der Waals surface area contributed by atoms with Gasteiger partial charge in [0, 0.05) is 31.7 Å². The topological polar surface area (TPSA) is 50.5 Å². The van der Waals surface area contributed by atoms with Gasteiger partial charge >= 0.3 is 0 Å². The van der Waals surface area contributed by atoms with E-state index in [1.807, 2.05) is 37.4 Å². The maximum Gasteiger partial charge on any atom is 0.222 e. The number of aryl methyl sites for hydroxylation is 1. The summed E-state index contributed by atoms with van der Waals surface area (Å²) in [6.07, 6.45) is 2.48. The van der Waals surface area contributed by atoms with E-state index >= 15 is 0 Å². The molecule has 0 saturated carbocycles. The van der Waals surface area contributed by atoms with Crippen LogP contribution in [0, 0.1) is 5.82 Å². The van der Waals surface area contributed by atoms with Crippen molar-refractivity contribution in [1.82, 2.24) is 14.7 Å². The van der Waals surface area contributed by atoms with Crippen LogP contribution in [0.1, 0.15) is 45.6 Å². The van der Waals surface area contributed by atoms with Crippen molar-refractivity contribution in [2.45, 2.75) is 58.7 Å². The zero-order valence-electron chi connectivity index (χ0n) is 19.5. The zero-order chi connectivity index (χ0) is 23.1. The first kappa shape index (κ1) is 24.0. The van der Waals surface area contributed by atoms with Crippen LogP contribution >= 0.6 is 0 Å². The molecule has 2 aromatic carbocycles. The smallest absolute Gasteiger partial charge is 0.222 e. The molecule has 0 bridgehead atoms. The third kappa shape index (κ3) is 6.17. The minimum Gasteiger partial charge on any atom is -0.439 e. The first-order valence-corrected chi connectivity index (χ1v) is 11.4. The van der Waals surface area contributed by atoms with Crippen molar-refractivity contribution < 1.29 is 14.2 Å². The van der Waals surface area contributed by atoms with Gasteiger partial charge in [-0.05, 0) is 44.5 Å². The number of halogens is 1. The Hall–Kier alpha value is -2.70. The summed E-state index contributed by atoms with van der Waals surface area (Å²) in [5.74, 6) is 0.859. The van der Waals surface area contributed by atoms with Crippen molar-refractivity contribution in [1.29, 1.82) is 0 Å². The molecule has 1 N–H and O–H groups in total. The summed E-state index contributed by atoms with van der Waals surface area (Å²) in [6.45, 7) is 7.55. The Labute approximate surface area is 190 Å². The van der Waals surface area contributed by atoms with Gasteiger partial charge in [-0.25, -0.2) is 9.07 Å². The summed E-state index contributed by atoms with van der Waals surface area (Å²) in [6, 6.07) is 16.2. The molecule has 172 valence electrons. The van der Waals surface area contributed by atoms with Crippen molar-refractivity contribution in [2.75, 3.05) is 6.54 Å². The minimum absolute atomic E-state index is 0.230. The maximum atomic E-state index is 13.4. The summed E-state index contributed by atoms with van der Waals surface area (Å²) < 4.78 is 21.3. The second-order valence-corrected chi connectivity index (χ2v) is 8.50. The number of aliphatic hydroxyl groups excluding tert-OH is 1. The predicted molar refractivity (Wildman–Crippen MR) is 126 cm³/mol. The van der Waals surface area contributed by atoms with E-state index in [4.69, 9.17) is 9.84 Å². The zero-order valence-corrected chi connectivity index (χ0v) is 19.5. The van der Waals surface area contributed by atoms with Crippen molar-refractivity contribution in [3.8, 4) is 22.9 Å². The number of unbranched alkanes of at least 4 members (excludes halogenated alkanes) is 1. The molecule has 0 aliphatic rings. The van der Waals surface area contributed by atoms with Gasteiger partial charge in [0.15, 0.2) is 0 Å². The molecule has 0 fully saturated rings. The summed E-state index contributed by atoms with van der Waals surface area (Å²) in [7, 11) is 1.85. The first-order valence-electron chi connectivity index (χ1n) is 11.4. The molecule has 0 spiro atoms. The van der Waals surface area contributed by atoms with Gasteiger partial charge in [0.05, 0.1) is 11.7 Å². The van der Waals surface area contributed by atoms with Gasteiger partial charge in [0.25, 0.3) is 0 Å². The molecule has 32 heavy (non-hydrogen) atoms. The lowest BCUT2D eigenvalue weighted by molar-refractivity contribution is 0.0829. The van der Waals surface area contributed by atoms with Crippen LogP contribution in [0.4, 0.5) is 4.39 Å². The second kappa shape index (κ2) is 11.2. The van der Waals surface area contributed by atoms with Gasteiger partial charge < -0.3 is 9.84 Å². The summed E-state index contributed by atoms with van der Waals surface area (Å²) in [5.41, 5.74) is 2.79. The van der Waals surface area contributed by atoms with E-state index in [1.54, 1.807) is 16.8 Å². The van der Waals surface area contributed by atoms with Crippen LogP contribution in [-0.4, -0.2) is 38.5 Å². The van der Waals surface area contributed by atoms with Crippen molar-refractivity contribution >= 4 is 0 Å². The van der Waals surface area contributed by atoms with Gasteiger partial charge in [-0.2, -0.15) is 5.10 Å². The first-order chi connectivity index (χ1) is 15.4. The highest BCUT2D eigenvalue weighted by Crippen LogP contribution is 2.34. The highest BCUT2D eigenvalue weighted by molar-refractivity contribution is 5.65. The van der Waals surface area contributed by atoms with Crippen LogP contribution in [0.2, 0.25) is 0 Å². The average Bonchev–Trinajstić information content (AvgIpc) is 3.09. The number of benzene rings is 2. The third-order valence-corrected chi connectivity index (χ3v) is 5.59. The van der Waals surface area contributed by atoms with Crippen LogP contribution in [0.25, 0.3) is 11.3 Å². The van der Waals surface area contributed by atoms with E-state index < -0.39 is 0 Å². The molecule has 5 nitrogen and oxygen atoms in total. The van der Waals surface area contributed by atoms with Gasteiger partial charge in [-0.1, -0.05) is 50.1 Å². The summed E-state index contributed by atoms with van der Waals surface area (Å²) >= 11 is 0. The fourth-order valence-corrected chi connectivity index (χ4v) is 3.73. The maximum absolute atomic E-state index is 13.4. The molecule has 0 aliphatic heterocycles. The van der Waals surface area contributed by atoms with Crippen LogP contribution in [-0.2, 0) is 13.6 Å². The Morgan fingerprint density at radius 1 is 1.09 bits per heavy atom. The average molecular weight is 440 g/mol. The van der Waals surface area contributed by atoms with Crippen molar-refractivity contribution in [2.24, 2.45) is 7.05 Å². The van der Waals surface area contributed by atoms with Gasteiger partial charge in [-0.3, -0.25) is 4.90 Å². The van der Waals surface area contributed by atoms with Gasteiger partial charge in [0.1, 0.15) is 17.3 Å². The predicted octanol–water partition coefficient (Wildman–Crippen LogP) is 5.78. The molecular formula is C26H34FN3O2. The lowest BCUT2D eigenvalue weighted by atomic mass is 10.1. The van der Waals surface area contributed by atoms with E-state index in [9.17, 15) is 9.50 Å². The molecule has 0 aliphatic carbocycles. The van der Waals surface area contributed by atoms with Gasteiger partial charge in [-0.15, -0.1) is 0 Å². The van der Waals surface area contributed by atoms with Crippen LogP contribution < -0.4 is 4.74 Å². The SMILES string of the molecule is CCCCC(O)CN(Cc1c(-c2ccccc2)nn(C)c1Oc1ccc(F)cc1)C(C)C. The Kier molecular flexibility index (Phi) is 8.42. The summed E-state index contributed by atoms with van der Waals surface area (Å²) in [4.78, 5) is 2.25. The molecule has 3 rings (SSSR count). The Balaban J connectivity index is 1.97. The third-order valence-electron chi connectivity index (χ3n) is 5.59. The number of rotatable bonds is 11. The van der Waals surface area contributed by atoms with Crippen LogP contribution in [0.15, 0.2) is 54.6 Å². The fraction of sp³-hybridized carbons (Fsp3) is 0.423. The quantitative estimate of drug-likeness (QED) is 0.411. The Bertz CT molecular complexity index is 971.